The van der Waals surface area contributed by atoms with Crippen molar-refractivity contribution in [2.75, 3.05) is 13.2 Å². The first-order valence-corrected chi connectivity index (χ1v) is 8.85. The minimum Gasteiger partial charge on any atom is -0.493 e. The first kappa shape index (κ1) is 13.6. The zero-order chi connectivity index (χ0) is 14.1. The third-order valence-corrected chi connectivity index (χ3v) is 5.70. The van der Waals surface area contributed by atoms with E-state index in [0.29, 0.717) is 5.92 Å². The Kier molecular flexibility index (Phi) is 3.89. The van der Waals surface area contributed by atoms with Crippen LogP contribution in [0.3, 0.4) is 0 Å². The van der Waals surface area contributed by atoms with E-state index >= 15 is 0 Å². The number of ether oxygens (including phenoxy) is 1. The van der Waals surface area contributed by atoms with Crippen LogP contribution in [0.4, 0.5) is 0 Å². The molecule has 21 heavy (non-hydrogen) atoms. The zero-order valence-electron chi connectivity index (χ0n) is 12.9. The fourth-order valence-electron chi connectivity index (χ4n) is 4.27. The van der Waals surface area contributed by atoms with Crippen molar-refractivity contribution in [2.45, 2.75) is 56.9 Å². The molecule has 2 atom stereocenters. The molecule has 2 nitrogen and oxygen atoms in total. The highest BCUT2D eigenvalue weighted by Gasteiger charge is 2.32. The molecule has 1 heterocycles. The van der Waals surface area contributed by atoms with Gasteiger partial charge < -0.3 is 10.1 Å². The second-order valence-electron chi connectivity index (χ2n) is 7.27. The Balaban J connectivity index is 1.43. The van der Waals surface area contributed by atoms with Crippen LogP contribution in [0.25, 0.3) is 0 Å². The average molecular weight is 285 g/mol. The predicted molar refractivity (Wildman–Crippen MR) is 85.8 cm³/mol. The molecular formula is C19H27NO. The summed E-state index contributed by atoms with van der Waals surface area (Å²) in [5.41, 5.74) is 1.45. The van der Waals surface area contributed by atoms with E-state index in [1.807, 2.05) is 0 Å². The SMILES string of the molecule is c1ccc2c(c1)OCC2CC(CNC1CC1)C1CCCC1. The molecule has 0 bridgehead atoms. The Morgan fingerprint density at radius 2 is 1.90 bits per heavy atom. The summed E-state index contributed by atoms with van der Waals surface area (Å²) in [6.45, 7) is 2.12. The van der Waals surface area contributed by atoms with Crippen molar-refractivity contribution in [1.29, 1.82) is 0 Å². The predicted octanol–water partition coefficient (Wildman–Crippen LogP) is 4.11. The Labute approximate surface area is 128 Å². The zero-order valence-corrected chi connectivity index (χ0v) is 12.9. The summed E-state index contributed by atoms with van der Waals surface area (Å²) >= 11 is 0. The lowest BCUT2D eigenvalue weighted by Gasteiger charge is -2.26. The fraction of sp³-hybridized carbons (Fsp3) is 0.684. The molecule has 2 unspecified atom stereocenters. The topological polar surface area (TPSA) is 21.3 Å². The highest BCUT2D eigenvalue weighted by Crippen LogP contribution is 2.41. The molecule has 114 valence electrons. The van der Waals surface area contributed by atoms with Gasteiger partial charge in [-0.3, -0.25) is 0 Å². The first-order valence-electron chi connectivity index (χ1n) is 8.85. The highest BCUT2D eigenvalue weighted by molar-refractivity contribution is 5.39. The Hall–Kier alpha value is -1.02. The van der Waals surface area contributed by atoms with Crippen LogP contribution in [-0.4, -0.2) is 19.2 Å². The number of para-hydroxylation sites is 1. The summed E-state index contributed by atoms with van der Waals surface area (Å²) < 4.78 is 5.89. The van der Waals surface area contributed by atoms with Crippen LogP contribution >= 0.6 is 0 Å². The second-order valence-corrected chi connectivity index (χ2v) is 7.27. The van der Waals surface area contributed by atoms with Crippen LogP contribution in [0.15, 0.2) is 24.3 Å². The van der Waals surface area contributed by atoms with Crippen LogP contribution in [0.1, 0.15) is 56.4 Å². The van der Waals surface area contributed by atoms with Gasteiger partial charge in [0.15, 0.2) is 0 Å². The molecule has 3 aliphatic rings. The number of benzene rings is 1. The van der Waals surface area contributed by atoms with E-state index in [2.05, 4.69) is 29.6 Å². The second kappa shape index (κ2) is 6.00. The summed E-state index contributed by atoms with van der Waals surface area (Å²) in [6, 6.07) is 9.48. The summed E-state index contributed by atoms with van der Waals surface area (Å²) in [5, 5.41) is 3.79. The molecule has 2 fully saturated rings. The van der Waals surface area contributed by atoms with Crippen LogP contribution in [0.5, 0.6) is 5.75 Å². The molecule has 1 aromatic rings. The van der Waals surface area contributed by atoms with Crippen molar-refractivity contribution < 1.29 is 4.74 Å². The molecule has 0 aromatic heterocycles. The minimum atomic E-state index is 0.618. The van der Waals surface area contributed by atoms with Gasteiger partial charge in [-0.15, -0.1) is 0 Å². The minimum absolute atomic E-state index is 0.618. The number of rotatable bonds is 6. The molecule has 1 N–H and O–H groups in total. The van der Waals surface area contributed by atoms with E-state index in [1.165, 1.54) is 57.1 Å². The fourth-order valence-corrected chi connectivity index (χ4v) is 4.27. The van der Waals surface area contributed by atoms with Crippen LogP contribution in [0, 0.1) is 11.8 Å². The Bertz CT molecular complexity index is 476. The Morgan fingerprint density at radius 3 is 2.71 bits per heavy atom. The largest absolute Gasteiger partial charge is 0.493 e. The quantitative estimate of drug-likeness (QED) is 0.849. The molecule has 2 saturated carbocycles. The van der Waals surface area contributed by atoms with E-state index in [0.717, 1.165) is 30.2 Å². The van der Waals surface area contributed by atoms with Crippen LogP contribution < -0.4 is 10.1 Å². The van der Waals surface area contributed by atoms with Crippen molar-refractivity contribution >= 4 is 0 Å². The summed E-state index contributed by atoms with van der Waals surface area (Å²) in [6.07, 6.45) is 9.89. The van der Waals surface area contributed by atoms with Crippen molar-refractivity contribution in [1.82, 2.24) is 5.32 Å². The van der Waals surface area contributed by atoms with E-state index in [9.17, 15) is 0 Å². The van der Waals surface area contributed by atoms with Crippen molar-refractivity contribution in [3.8, 4) is 5.75 Å². The number of hydrogen-bond donors (Lipinski definition) is 1. The Morgan fingerprint density at radius 1 is 1.10 bits per heavy atom. The summed E-state index contributed by atoms with van der Waals surface area (Å²) in [4.78, 5) is 0. The van der Waals surface area contributed by atoms with Gasteiger partial charge in [-0.05, 0) is 43.7 Å². The van der Waals surface area contributed by atoms with Crippen LogP contribution in [0.2, 0.25) is 0 Å². The maximum Gasteiger partial charge on any atom is 0.122 e. The maximum atomic E-state index is 5.89. The third-order valence-electron chi connectivity index (χ3n) is 5.70. The highest BCUT2D eigenvalue weighted by atomic mass is 16.5. The molecule has 0 saturated heterocycles. The monoisotopic (exact) mass is 285 g/mol. The summed E-state index contributed by atoms with van der Waals surface area (Å²) in [5.74, 6) is 3.53. The lowest BCUT2D eigenvalue weighted by molar-refractivity contribution is 0.255. The molecule has 1 aliphatic heterocycles. The van der Waals surface area contributed by atoms with Gasteiger partial charge in [-0.1, -0.05) is 43.9 Å². The van der Waals surface area contributed by atoms with E-state index in [4.69, 9.17) is 4.74 Å². The van der Waals surface area contributed by atoms with Gasteiger partial charge in [0.05, 0.1) is 6.61 Å². The van der Waals surface area contributed by atoms with E-state index in [-0.39, 0.29) is 0 Å². The molecule has 2 aliphatic carbocycles. The van der Waals surface area contributed by atoms with Crippen molar-refractivity contribution in [3.63, 3.8) is 0 Å². The molecule has 0 spiro atoms. The van der Waals surface area contributed by atoms with Crippen molar-refractivity contribution in [3.05, 3.63) is 29.8 Å². The van der Waals surface area contributed by atoms with Gasteiger partial charge in [-0.2, -0.15) is 0 Å². The maximum absolute atomic E-state index is 5.89. The number of fused-ring (bicyclic) bond motifs is 1. The smallest absolute Gasteiger partial charge is 0.122 e. The number of hydrogen-bond acceptors (Lipinski definition) is 2. The third kappa shape index (κ3) is 3.11. The normalized spacial score (nSPS) is 26.6. The van der Waals surface area contributed by atoms with E-state index < -0.39 is 0 Å². The lowest BCUT2D eigenvalue weighted by atomic mass is 9.81. The molecule has 1 aromatic carbocycles. The van der Waals surface area contributed by atoms with Gasteiger partial charge in [-0.25, -0.2) is 0 Å². The van der Waals surface area contributed by atoms with Gasteiger partial charge >= 0.3 is 0 Å². The van der Waals surface area contributed by atoms with Gasteiger partial charge in [0.2, 0.25) is 0 Å². The molecular weight excluding hydrogens is 258 g/mol. The van der Waals surface area contributed by atoms with E-state index in [1.54, 1.807) is 0 Å². The van der Waals surface area contributed by atoms with Crippen LogP contribution in [-0.2, 0) is 0 Å². The van der Waals surface area contributed by atoms with Crippen molar-refractivity contribution in [2.24, 2.45) is 11.8 Å². The van der Waals surface area contributed by atoms with Gasteiger partial charge in [0.25, 0.3) is 0 Å². The molecule has 0 amide bonds. The molecule has 4 rings (SSSR count). The van der Waals surface area contributed by atoms with Gasteiger partial charge in [0, 0.05) is 17.5 Å². The summed E-state index contributed by atoms with van der Waals surface area (Å²) in [7, 11) is 0. The standard InChI is InChI=1S/C19H27NO/c1-2-6-14(5-1)15(12-20-17-9-10-17)11-16-13-21-19-8-4-3-7-18(16)19/h3-4,7-8,14-17,20H,1-2,5-6,9-13H2. The first-order chi connectivity index (χ1) is 10.4. The molecule has 0 radical (unpaired) electrons. The molecule has 2 heteroatoms. The lowest BCUT2D eigenvalue weighted by Crippen LogP contribution is -2.30. The average Bonchev–Trinajstić information content (AvgIpc) is 3.02. The van der Waals surface area contributed by atoms with Gasteiger partial charge in [0.1, 0.15) is 5.75 Å². The number of nitrogens with one attached hydrogen (secondary N) is 1.